The highest BCUT2D eigenvalue weighted by Crippen LogP contribution is 2.53. The van der Waals surface area contributed by atoms with Crippen LogP contribution in [0, 0.1) is 11.3 Å². The molecule has 1 aliphatic heterocycles. The largest absolute Gasteiger partial charge is 0.378 e. The smallest absolute Gasteiger partial charge is 0.223 e. The number of hydrogen-bond donors (Lipinski definition) is 1. The lowest BCUT2D eigenvalue weighted by Crippen LogP contribution is -2.66. The summed E-state index contributed by atoms with van der Waals surface area (Å²) in [7, 11) is 0. The SMILES string of the molecule is CCO[C@H]1C[C@@H](NC(=O)C2CCN(C(C)=O)CC2)C12CCCCC2. The van der Waals surface area contributed by atoms with Crippen LogP contribution >= 0.6 is 0 Å². The quantitative estimate of drug-likeness (QED) is 0.858. The number of likely N-dealkylation sites (tertiary alicyclic amines) is 1. The van der Waals surface area contributed by atoms with Crippen LogP contribution in [-0.2, 0) is 14.3 Å². The van der Waals surface area contributed by atoms with E-state index in [0.717, 1.165) is 25.9 Å². The normalized spacial score (nSPS) is 30.0. The number of carbonyl (C=O) groups is 2. The molecule has 24 heavy (non-hydrogen) atoms. The van der Waals surface area contributed by atoms with Gasteiger partial charge in [-0.15, -0.1) is 0 Å². The van der Waals surface area contributed by atoms with Gasteiger partial charge in [-0.2, -0.15) is 0 Å². The van der Waals surface area contributed by atoms with E-state index in [0.29, 0.717) is 19.2 Å². The molecule has 1 saturated heterocycles. The lowest BCUT2D eigenvalue weighted by atomic mass is 9.55. The Kier molecular flexibility index (Phi) is 5.48. The van der Waals surface area contributed by atoms with Crippen LogP contribution in [0.3, 0.4) is 0 Å². The summed E-state index contributed by atoms with van der Waals surface area (Å²) in [5.41, 5.74) is 0.185. The number of ether oxygens (including phenoxy) is 1. The van der Waals surface area contributed by atoms with Gasteiger partial charge in [-0.3, -0.25) is 9.59 Å². The summed E-state index contributed by atoms with van der Waals surface area (Å²) in [6.45, 7) is 5.85. The molecule has 5 nitrogen and oxygen atoms in total. The van der Waals surface area contributed by atoms with Gasteiger partial charge in [0.1, 0.15) is 0 Å². The average molecular weight is 336 g/mol. The van der Waals surface area contributed by atoms with Crippen LogP contribution < -0.4 is 5.32 Å². The molecule has 0 bridgehead atoms. The summed E-state index contributed by atoms with van der Waals surface area (Å²) in [5.74, 6) is 0.379. The van der Waals surface area contributed by atoms with E-state index in [-0.39, 0.29) is 29.2 Å². The minimum absolute atomic E-state index is 0.0624. The summed E-state index contributed by atoms with van der Waals surface area (Å²) in [4.78, 5) is 26.0. The molecule has 3 fully saturated rings. The zero-order chi connectivity index (χ0) is 17.2. The number of rotatable bonds is 4. The van der Waals surface area contributed by atoms with Gasteiger partial charge in [-0.25, -0.2) is 0 Å². The first-order valence-electron chi connectivity index (χ1n) is 9.74. The van der Waals surface area contributed by atoms with E-state index in [1.807, 2.05) is 4.90 Å². The second-order valence-electron chi connectivity index (χ2n) is 7.82. The van der Waals surface area contributed by atoms with Crippen LogP contribution in [0.2, 0.25) is 0 Å². The van der Waals surface area contributed by atoms with Gasteiger partial charge >= 0.3 is 0 Å². The highest BCUT2D eigenvalue weighted by atomic mass is 16.5. The molecule has 3 aliphatic rings. The van der Waals surface area contributed by atoms with Crippen molar-refractivity contribution in [1.29, 1.82) is 0 Å². The van der Waals surface area contributed by atoms with E-state index in [1.54, 1.807) is 6.92 Å². The van der Waals surface area contributed by atoms with Crippen molar-refractivity contribution in [1.82, 2.24) is 10.2 Å². The van der Waals surface area contributed by atoms with Crippen molar-refractivity contribution in [3.05, 3.63) is 0 Å². The van der Waals surface area contributed by atoms with Crippen molar-refractivity contribution in [2.75, 3.05) is 19.7 Å². The van der Waals surface area contributed by atoms with E-state index in [4.69, 9.17) is 4.74 Å². The maximum Gasteiger partial charge on any atom is 0.223 e. The molecular formula is C19H32N2O3. The number of nitrogens with zero attached hydrogens (tertiary/aromatic N) is 1. The Labute approximate surface area is 145 Å². The molecule has 0 aromatic heterocycles. The Morgan fingerprint density at radius 3 is 2.42 bits per heavy atom. The molecule has 0 unspecified atom stereocenters. The number of carbonyl (C=O) groups excluding carboxylic acids is 2. The Hall–Kier alpha value is -1.10. The van der Waals surface area contributed by atoms with E-state index < -0.39 is 0 Å². The first kappa shape index (κ1) is 17.7. The van der Waals surface area contributed by atoms with Crippen molar-refractivity contribution in [2.45, 2.75) is 77.4 Å². The second kappa shape index (κ2) is 7.42. The van der Waals surface area contributed by atoms with Crippen LogP contribution in [0.4, 0.5) is 0 Å². The molecule has 0 aromatic rings. The molecule has 1 N–H and O–H groups in total. The highest BCUT2D eigenvalue weighted by molar-refractivity contribution is 5.80. The van der Waals surface area contributed by atoms with Crippen LogP contribution in [0.25, 0.3) is 0 Å². The fraction of sp³-hybridized carbons (Fsp3) is 0.895. The number of nitrogens with one attached hydrogen (secondary N) is 1. The molecule has 0 aromatic carbocycles. The third-order valence-corrected chi connectivity index (χ3v) is 6.56. The van der Waals surface area contributed by atoms with Crippen LogP contribution in [0.1, 0.15) is 65.2 Å². The zero-order valence-corrected chi connectivity index (χ0v) is 15.2. The summed E-state index contributed by atoms with van der Waals surface area (Å²) in [6, 6.07) is 0.285. The Bertz CT molecular complexity index is 465. The molecule has 1 heterocycles. The van der Waals surface area contributed by atoms with Crippen molar-refractivity contribution in [3.8, 4) is 0 Å². The van der Waals surface area contributed by atoms with Crippen molar-refractivity contribution < 1.29 is 14.3 Å². The van der Waals surface area contributed by atoms with Crippen molar-refractivity contribution in [2.24, 2.45) is 11.3 Å². The average Bonchev–Trinajstić information content (AvgIpc) is 2.61. The van der Waals surface area contributed by atoms with Crippen molar-refractivity contribution in [3.63, 3.8) is 0 Å². The molecule has 3 rings (SSSR count). The van der Waals surface area contributed by atoms with Gasteiger partial charge in [0.25, 0.3) is 0 Å². The van der Waals surface area contributed by atoms with Crippen LogP contribution in [0.5, 0.6) is 0 Å². The summed E-state index contributed by atoms with van der Waals surface area (Å²) >= 11 is 0. The molecule has 2 atom stereocenters. The lowest BCUT2D eigenvalue weighted by Gasteiger charge is -2.57. The van der Waals surface area contributed by atoms with Crippen LogP contribution in [0.15, 0.2) is 0 Å². The third-order valence-electron chi connectivity index (χ3n) is 6.56. The molecule has 2 saturated carbocycles. The van der Waals surface area contributed by atoms with Gasteiger partial charge in [0.2, 0.25) is 11.8 Å². The Balaban J connectivity index is 1.55. The van der Waals surface area contributed by atoms with E-state index >= 15 is 0 Å². The third kappa shape index (κ3) is 3.32. The molecule has 0 radical (unpaired) electrons. The summed E-state index contributed by atoms with van der Waals surface area (Å²) in [5, 5.41) is 3.36. The van der Waals surface area contributed by atoms with Crippen LogP contribution in [-0.4, -0.2) is 48.6 Å². The van der Waals surface area contributed by atoms with Crippen molar-refractivity contribution >= 4 is 11.8 Å². The van der Waals surface area contributed by atoms with E-state index in [2.05, 4.69) is 12.2 Å². The molecule has 1 spiro atoms. The molecular weight excluding hydrogens is 304 g/mol. The first-order chi connectivity index (χ1) is 11.6. The lowest BCUT2D eigenvalue weighted by molar-refractivity contribution is -0.159. The molecule has 5 heteroatoms. The predicted molar refractivity (Wildman–Crippen MR) is 92.5 cm³/mol. The monoisotopic (exact) mass is 336 g/mol. The zero-order valence-electron chi connectivity index (χ0n) is 15.2. The van der Waals surface area contributed by atoms with E-state index in [9.17, 15) is 9.59 Å². The van der Waals surface area contributed by atoms with Gasteiger partial charge in [-0.05, 0) is 39.0 Å². The topological polar surface area (TPSA) is 58.6 Å². The highest BCUT2D eigenvalue weighted by Gasteiger charge is 2.56. The Morgan fingerprint density at radius 2 is 1.83 bits per heavy atom. The Morgan fingerprint density at radius 1 is 1.17 bits per heavy atom. The summed E-state index contributed by atoms with van der Waals surface area (Å²) < 4.78 is 5.97. The fourth-order valence-corrected chi connectivity index (χ4v) is 5.01. The van der Waals surface area contributed by atoms with Gasteiger partial charge in [-0.1, -0.05) is 19.3 Å². The number of amides is 2. The maximum atomic E-state index is 12.7. The van der Waals surface area contributed by atoms with Gasteiger partial charge in [0.05, 0.1) is 6.10 Å². The first-order valence-corrected chi connectivity index (χ1v) is 9.74. The van der Waals surface area contributed by atoms with Gasteiger partial charge in [0.15, 0.2) is 0 Å². The minimum atomic E-state index is 0.0624. The molecule has 136 valence electrons. The molecule has 2 amide bonds. The second-order valence-corrected chi connectivity index (χ2v) is 7.82. The summed E-state index contributed by atoms with van der Waals surface area (Å²) in [6.07, 6.45) is 9.07. The standard InChI is InChI=1S/C19H32N2O3/c1-3-24-17-13-16(19(17)9-5-4-6-10-19)20-18(23)15-7-11-21(12-8-15)14(2)22/h15-17H,3-13H2,1-2H3,(H,20,23)/t16-,17+/m1/s1. The minimum Gasteiger partial charge on any atom is -0.378 e. The van der Waals surface area contributed by atoms with Gasteiger partial charge < -0.3 is 15.0 Å². The predicted octanol–water partition coefficient (Wildman–Crippen LogP) is 2.49. The number of hydrogen-bond acceptors (Lipinski definition) is 3. The molecule has 2 aliphatic carbocycles. The van der Waals surface area contributed by atoms with E-state index in [1.165, 1.54) is 32.1 Å². The number of piperidine rings is 1. The fourth-order valence-electron chi connectivity index (χ4n) is 5.01. The van der Waals surface area contributed by atoms with Gasteiger partial charge in [0, 0.05) is 44.0 Å². The maximum absolute atomic E-state index is 12.7.